The van der Waals surface area contributed by atoms with Crippen LogP contribution in [-0.4, -0.2) is 11.5 Å². The molecule has 144 valence electrons. The van der Waals surface area contributed by atoms with Gasteiger partial charge in [-0.25, -0.2) is 4.99 Å². The molecule has 0 fully saturated rings. The van der Waals surface area contributed by atoms with Gasteiger partial charge in [-0.2, -0.15) is 0 Å². The van der Waals surface area contributed by atoms with E-state index in [4.69, 9.17) is 21.3 Å². The van der Waals surface area contributed by atoms with Crippen molar-refractivity contribution in [2.24, 2.45) is 4.99 Å². The first-order valence-corrected chi connectivity index (χ1v) is 10.7. The van der Waals surface area contributed by atoms with Crippen molar-refractivity contribution in [1.29, 1.82) is 0 Å². The average Bonchev–Trinajstić information content (AvgIpc) is 2.88. The summed E-state index contributed by atoms with van der Waals surface area (Å²) in [4.78, 5) is 4.89. The Morgan fingerprint density at radius 3 is 2.35 bits per heavy atom. The number of unbranched alkanes of at least 4 members (excludes halogenated alkanes) is 1. The molecule has 0 aromatic heterocycles. The first kappa shape index (κ1) is 21.0. The third-order valence-electron chi connectivity index (χ3n) is 5.09. The van der Waals surface area contributed by atoms with Crippen LogP contribution in [0.4, 0.5) is 5.69 Å². The van der Waals surface area contributed by atoms with E-state index in [1.807, 2.05) is 24.3 Å². The minimum absolute atomic E-state index is 0.150. The Morgan fingerprint density at radius 2 is 1.73 bits per heavy atom. The zero-order valence-corrected chi connectivity index (χ0v) is 17.7. The molecule has 1 aromatic carbocycles. The fourth-order valence-electron chi connectivity index (χ4n) is 4.00. The Morgan fingerprint density at radius 1 is 0.962 bits per heavy atom. The quantitative estimate of drug-likeness (QED) is 0.405. The van der Waals surface area contributed by atoms with E-state index >= 15 is 0 Å². The number of rotatable bonds is 10. The Kier molecular flexibility index (Phi) is 8.21. The van der Waals surface area contributed by atoms with E-state index in [-0.39, 0.29) is 5.60 Å². The van der Waals surface area contributed by atoms with Gasteiger partial charge in [0.15, 0.2) is 0 Å². The second kappa shape index (κ2) is 10.2. The summed E-state index contributed by atoms with van der Waals surface area (Å²) in [5.74, 6) is 0.835. The maximum atomic E-state index is 6.70. The predicted molar refractivity (Wildman–Crippen MR) is 114 cm³/mol. The van der Waals surface area contributed by atoms with Crippen LogP contribution >= 0.6 is 11.6 Å². The molecule has 26 heavy (non-hydrogen) atoms. The summed E-state index contributed by atoms with van der Waals surface area (Å²) in [6.07, 6.45) is 10.1. The van der Waals surface area contributed by atoms with Crippen molar-refractivity contribution in [2.75, 3.05) is 0 Å². The SMILES string of the molecule is CCCCC1(CCC)OC(=Nc2cccc(Cl)c2)C(CCC)=C1CCC. The summed E-state index contributed by atoms with van der Waals surface area (Å²) in [6.45, 7) is 9.01. The van der Waals surface area contributed by atoms with Crippen molar-refractivity contribution in [2.45, 2.75) is 91.1 Å². The van der Waals surface area contributed by atoms with Gasteiger partial charge in [0, 0.05) is 10.6 Å². The van der Waals surface area contributed by atoms with E-state index in [1.54, 1.807) is 0 Å². The maximum Gasteiger partial charge on any atom is 0.218 e. The molecule has 0 radical (unpaired) electrons. The lowest BCUT2D eigenvalue weighted by molar-refractivity contribution is 0.0811. The predicted octanol–water partition coefficient (Wildman–Crippen LogP) is 8.03. The Bertz CT molecular complexity index is 649. The zero-order chi connectivity index (χ0) is 19.0. The van der Waals surface area contributed by atoms with E-state index < -0.39 is 0 Å². The number of nitrogens with zero attached hydrogens (tertiary/aromatic N) is 1. The highest BCUT2D eigenvalue weighted by atomic mass is 35.5. The van der Waals surface area contributed by atoms with E-state index in [0.717, 1.165) is 56.5 Å². The fourth-order valence-corrected chi connectivity index (χ4v) is 4.18. The van der Waals surface area contributed by atoms with Crippen LogP contribution in [0.5, 0.6) is 0 Å². The minimum atomic E-state index is -0.150. The Hall–Kier alpha value is -1.28. The van der Waals surface area contributed by atoms with Crippen molar-refractivity contribution in [3.63, 3.8) is 0 Å². The number of hydrogen-bond donors (Lipinski definition) is 0. The topological polar surface area (TPSA) is 21.6 Å². The number of halogens is 1. The van der Waals surface area contributed by atoms with Crippen LogP contribution in [0.2, 0.25) is 5.02 Å². The van der Waals surface area contributed by atoms with Crippen molar-refractivity contribution in [3.05, 3.63) is 40.4 Å². The van der Waals surface area contributed by atoms with Crippen LogP contribution in [-0.2, 0) is 4.74 Å². The smallest absolute Gasteiger partial charge is 0.218 e. The third kappa shape index (κ3) is 4.91. The zero-order valence-electron chi connectivity index (χ0n) is 16.9. The van der Waals surface area contributed by atoms with Crippen LogP contribution in [0.3, 0.4) is 0 Å². The fraction of sp³-hybridized carbons (Fsp3) is 0.609. The average molecular weight is 376 g/mol. The number of hydrogen-bond acceptors (Lipinski definition) is 2. The molecular weight excluding hydrogens is 342 g/mol. The van der Waals surface area contributed by atoms with Gasteiger partial charge in [-0.3, -0.25) is 0 Å². The van der Waals surface area contributed by atoms with Gasteiger partial charge in [-0.1, -0.05) is 71.0 Å². The van der Waals surface area contributed by atoms with Crippen LogP contribution in [0.1, 0.15) is 85.5 Å². The molecule has 1 aliphatic heterocycles. The van der Waals surface area contributed by atoms with E-state index in [2.05, 4.69) is 27.7 Å². The van der Waals surface area contributed by atoms with Gasteiger partial charge < -0.3 is 4.74 Å². The first-order chi connectivity index (χ1) is 12.6. The molecule has 3 heteroatoms. The van der Waals surface area contributed by atoms with Gasteiger partial charge in [-0.15, -0.1) is 0 Å². The molecule has 0 spiro atoms. The van der Waals surface area contributed by atoms with Crippen molar-refractivity contribution >= 4 is 23.2 Å². The molecule has 0 saturated carbocycles. The summed E-state index contributed by atoms with van der Waals surface area (Å²) in [5, 5.41) is 0.713. The molecule has 1 atom stereocenters. The molecule has 1 heterocycles. The molecule has 0 bridgehead atoms. The maximum absolute atomic E-state index is 6.70. The van der Waals surface area contributed by atoms with E-state index in [1.165, 1.54) is 24.0 Å². The van der Waals surface area contributed by atoms with E-state index in [9.17, 15) is 0 Å². The molecule has 1 aromatic rings. The highest BCUT2D eigenvalue weighted by Crippen LogP contribution is 2.45. The van der Waals surface area contributed by atoms with Crippen molar-refractivity contribution in [3.8, 4) is 0 Å². The molecule has 2 nitrogen and oxygen atoms in total. The molecule has 2 rings (SSSR count). The van der Waals surface area contributed by atoms with Gasteiger partial charge in [-0.05, 0) is 55.9 Å². The second-order valence-electron chi connectivity index (χ2n) is 7.30. The van der Waals surface area contributed by atoms with Gasteiger partial charge in [0.2, 0.25) is 5.90 Å². The van der Waals surface area contributed by atoms with Crippen molar-refractivity contribution in [1.82, 2.24) is 0 Å². The Labute approximate surface area is 164 Å². The normalized spacial score (nSPS) is 21.5. The highest BCUT2D eigenvalue weighted by Gasteiger charge is 2.44. The second-order valence-corrected chi connectivity index (χ2v) is 7.74. The minimum Gasteiger partial charge on any atom is -0.466 e. The Balaban J connectivity index is 2.51. The summed E-state index contributed by atoms with van der Waals surface area (Å²) < 4.78 is 6.70. The summed E-state index contributed by atoms with van der Waals surface area (Å²) >= 11 is 6.16. The highest BCUT2D eigenvalue weighted by molar-refractivity contribution is 6.30. The summed E-state index contributed by atoms with van der Waals surface area (Å²) in [7, 11) is 0. The van der Waals surface area contributed by atoms with Crippen LogP contribution < -0.4 is 0 Å². The van der Waals surface area contributed by atoms with Crippen LogP contribution in [0.15, 0.2) is 40.4 Å². The van der Waals surface area contributed by atoms with Crippen LogP contribution in [0.25, 0.3) is 0 Å². The molecule has 1 unspecified atom stereocenters. The standard InChI is InChI=1S/C23H34ClNO/c1-5-9-16-23(15-8-4)21(12-7-3)20(11-6-2)22(26-23)25-19-14-10-13-18(24)17-19/h10,13-14,17H,5-9,11-12,15-16H2,1-4H3. The molecule has 0 aliphatic carbocycles. The third-order valence-corrected chi connectivity index (χ3v) is 5.33. The number of aliphatic imine (C=N–C) groups is 1. The lowest BCUT2D eigenvalue weighted by Gasteiger charge is -2.32. The number of benzene rings is 1. The van der Waals surface area contributed by atoms with Gasteiger partial charge in [0.25, 0.3) is 0 Å². The molecule has 0 N–H and O–H groups in total. The number of ether oxygens (including phenoxy) is 1. The molecule has 1 aliphatic rings. The lowest BCUT2D eigenvalue weighted by Crippen LogP contribution is -2.32. The van der Waals surface area contributed by atoms with Crippen LogP contribution in [0, 0.1) is 0 Å². The van der Waals surface area contributed by atoms with Gasteiger partial charge >= 0.3 is 0 Å². The summed E-state index contributed by atoms with van der Waals surface area (Å²) in [5.41, 5.74) is 3.58. The largest absolute Gasteiger partial charge is 0.466 e. The lowest BCUT2D eigenvalue weighted by atomic mass is 9.80. The molecule has 0 amide bonds. The van der Waals surface area contributed by atoms with Gasteiger partial charge in [0.05, 0.1) is 5.69 Å². The molecular formula is C23H34ClNO. The first-order valence-electron chi connectivity index (χ1n) is 10.4. The monoisotopic (exact) mass is 375 g/mol. The summed E-state index contributed by atoms with van der Waals surface area (Å²) in [6, 6.07) is 7.74. The molecule has 0 saturated heterocycles. The van der Waals surface area contributed by atoms with E-state index in [0.29, 0.717) is 5.02 Å². The van der Waals surface area contributed by atoms with Crippen molar-refractivity contribution < 1.29 is 4.74 Å². The van der Waals surface area contributed by atoms with Gasteiger partial charge in [0.1, 0.15) is 5.60 Å².